The maximum atomic E-state index is 13.5. The van der Waals surface area contributed by atoms with Gasteiger partial charge in [-0.15, -0.1) is 0 Å². The summed E-state index contributed by atoms with van der Waals surface area (Å²) in [6.45, 7) is 10.3. The van der Waals surface area contributed by atoms with Gasteiger partial charge in [0.1, 0.15) is 0 Å². The second kappa shape index (κ2) is 11.7. The number of nitrogens with one attached hydrogen (secondary N) is 2. The molecular formula is C30H43N5O3. The van der Waals surface area contributed by atoms with Crippen LogP contribution in [0.4, 0.5) is 5.69 Å². The number of amides is 2. The van der Waals surface area contributed by atoms with E-state index in [-0.39, 0.29) is 23.9 Å². The van der Waals surface area contributed by atoms with Gasteiger partial charge in [0.25, 0.3) is 17.4 Å². The van der Waals surface area contributed by atoms with E-state index in [9.17, 15) is 14.4 Å². The van der Waals surface area contributed by atoms with Crippen molar-refractivity contribution >= 4 is 17.5 Å². The van der Waals surface area contributed by atoms with Crippen LogP contribution >= 0.6 is 0 Å². The van der Waals surface area contributed by atoms with Gasteiger partial charge in [-0.05, 0) is 103 Å². The third-order valence-corrected chi connectivity index (χ3v) is 8.42. The molecule has 206 valence electrons. The summed E-state index contributed by atoms with van der Waals surface area (Å²) < 4.78 is 0. The smallest absolute Gasteiger partial charge is 0.253 e. The van der Waals surface area contributed by atoms with Crippen molar-refractivity contribution < 1.29 is 9.59 Å². The summed E-state index contributed by atoms with van der Waals surface area (Å²) in [6.07, 6.45) is 5.45. The number of likely N-dealkylation sites (tertiary alicyclic amines) is 1. The molecule has 0 spiro atoms. The van der Waals surface area contributed by atoms with Crippen molar-refractivity contribution in [3.63, 3.8) is 0 Å². The lowest BCUT2D eigenvalue weighted by Crippen LogP contribution is -2.43. The summed E-state index contributed by atoms with van der Waals surface area (Å²) in [7, 11) is 4.29. The molecule has 1 saturated carbocycles. The van der Waals surface area contributed by atoms with Crippen molar-refractivity contribution in [2.24, 2.45) is 0 Å². The molecular weight excluding hydrogens is 478 g/mol. The van der Waals surface area contributed by atoms with Gasteiger partial charge in [-0.1, -0.05) is 0 Å². The molecule has 0 unspecified atom stereocenters. The molecule has 2 fully saturated rings. The van der Waals surface area contributed by atoms with Gasteiger partial charge in [0.15, 0.2) is 0 Å². The highest BCUT2D eigenvalue weighted by Crippen LogP contribution is 2.33. The molecule has 1 aromatic carbocycles. The van der Waals surface area contributed by atoms with Crippen LogP contribution in [-0.4, -0.2) is 72.4 Å². The number of H-pyrrole nitrogens is 1. The molecule has 1 saturated heterocycles. The number of pyridine rings is 1. The quantitative estimate of drug-likeness (QED) is 0.552. The maximum absolute atomic E-state index is 13.5. The fourth-order valence-electron chi connectivity index (χ4n) is 5.94. The molecule has 2 aromatic rings. The zero-order valence-corrected chi connectivity index (χ0v) is 23.8. The molecule has 2 amide bonds. The van der Waals surface area contributed by atoms with Crippen LogP contribution in [0.1, 0.15) is 82.1 Å². The van der Waals surface area contributed by atoms with Gasteiger partial charge in [0, 0.05) is 66.3 Å². The molecule has 0 atom stereocenters. The Labute approximate surface area is 226 Å². The third-order valence-electron chi connectivity index (χ3n) is 8.42. The fraction of sp³-hybridized carbons (Fsp3) is 0.567. The number of carbonyl (C=O) groups excluding carboxylic acids is 2. The lowest BCUT2D eigenvalue weighted by Gasteiger charge is -2.40. The van der Waals surface area contributed by atoms with Crippen LogP contribution in [0.25, 0.3) is 0 Å². The summed E-state index contributed by atoms with van der Waals surface area (Å²) in [5, 5.41) is 2.95. The van der Waals surface area contributed by atoms with Gasteiger partial charge in [0.2, 0.25) is 0 Å². The monoisotopic (exact) mass is 521 g/mol. The van der Waals surface area contributed by atoms with Gasteiger partial charge in [-0.25, -0.2) is 0 Å². The number of aryl methyl sites for hydroxylation is 2. The van der Waals surface area contributed by atoms with Crippen LogP contribution in [0, 0.1) is 20.8 Å². The van der Waals surface area contributed by atoms with E-state index in [1.54, 1.807) is 6.07 Å². The van der Waals surface area contributed by atoms with E-state index >= 15 is 0 Å². The zero-order valence-electron chi connectivity index (χ0n) is 23.8. The topological polar surface area (TPSA) is 88.7 Å². The molecule has 8 nitrogen and oxygen atoms in total. The molecule has 1 aliphatic carbocycles. The van der Waals surface area contributed by atoms with E-state index in [4.69, 9.17) is 0 Å². The Balaban J connectivity index is 1.65. The van der Waals surface area contributed by atoms with E-state index in [1.807, 2.05) is 37.8 Å². The number of rotatable bonds is 8. The summed E-state index contributed by atoms with van der Waals surface area (Å²) in [5.41, 5.74) is 4.87. The molecule has 38 heavy (non-hydrogen) atoms. The van der Waals surface area contributed by atoms with Crippen LogP contribution < -0.4 is 15.8 Å². The molecule has 8 heteroatoms. The van der Waals surface area contributed by atoms with Crippen LogP contribution in [-0.2, 0) is 6.54 Å². The largest absolute Gasteiger partial charge is 0.369 e. The fourth-order valence-corrected chi connectivity index (χ4v) is 5.94. The predicted octanol–water partition coefficient (Wildman–Crippen LogP) is 3.78. The molecule has 1 aromatic heterocycles. The highest BCUT2D eigenvalue weighted by Gasteiger charge is 2.30. The molecule has 4 rings (SSSR count). The summed E-state index contributed by atoms with van der Waals surface area (Å²) >= 11 is 0. The van der Waals surface area contributed by atoms with Crippen LogP contribution in [0.2, 0.25) is 0 Å². The number of aromatic amines is 1. The first-order chi connectivity index (χ1) is 18.1. The van der Waals surface area contributed by atoms with E-state index < -0.39 is 0 Å². The van der Waals surface area contributed by atoms with Gasteiger partial charge < -0.3 is 25.0 Å². The Hall–Kier alpha value is -3.13. The summed E-state index contributed by atoms with van der Waals surface area (Å²) in [5.74, 6) is -0.293. The maximum Gasteiger partial charge on any atom is 0.253 e. The number of carbonyl (C=O) groups is 2. The highest BCUT2D eigenvalue weighted by molar-refractivity contribution is 6.02. The Morgan fingerprint density at radius 3 is 2.24 bits per heavy atom. The second-order valence-corrected chi connectivity index (χ2v) is 11.2. The van der Waals surface area contributed by atoms with Crippen molar-refractivity contribution in [2.45, 2.75) is 78.4 Å². The average molecular weight is 522 g/mol. The van der Waals surface area contributed by atoms with Crippen molar-refractivity contribution in [2.75, 3.05) is 38.6 Å². The first-order valence-electron chi connectivity index (χ1n) is 13.9. The van der Waals surface area contributed by atoms with Crippen LogP contribution in [0.3, 0.4) is 0 Å². The molecule has 0 radical (unpaired) electrons. The molecule has 0 bridgehead atoms. The van der Waals surface area contributed by atoms with Gasteiger partial charge in [-0.2, -0.15) is 0 Å². The standard InChI is InChI=1S/C30H43N5O3/c1-7-35(24-11-9-23(10-12-24)33(5)6)27-17-22(30(38)34-13-8-14-34)16-25(21(27)4)28(36)31-18-26-19(2)15-20(3)32-29(26)37/h15-17,23-24H,7-14,18H2,1-6H3,(H,31,36)(H,32,37)/t23-,24-. The molecule has 2 heterocycles. The molecule has 1 aliphatic heterocycles. The summed E-state index contributed by atoms with van der Waals surface area (Å²) in [6, 6.07) is 6.60. The van der Waals surface area contributed by atoms with Crippen LogP contribution in [0.5, 0.6) is 0 Å². The first-order valence-corrected chi connectivity index (χ1v) is 13.9. The van der Waals surface area contributed by atoms with E-state index in [1.165, 1.54) is 0 Å². The minimum absolute atomic E-state index is 0.0234. The zero-order chi connectivity index (χ0) is 27.6. The third kappa shape index (κ3) is 5.80. The number of benzene rings is 1. The van der Waals surface area contributed by atoms with Gasteiger partial charge >= 0.3 is 0 Å². The lowest BCUT2D eigenvalue weighted by atomic mass is 9.88. The number of anilines is 1. The Kier molecular flexibility index (Phi) is 8.61. The van der Waals surface area contributed by atoms with Crippen molar-refractivity contribution in [3.8, 4) is 0 Å². The minimum Gasteiger partial charge on any atom is -0.369 e. The first kappa shape index (κ1) is 27.9. The highest BCUT2D eigenvalue weighted by atomic mass is 16.2. The SMILES string of the molecule is CCN(c1cc(C(=O)N2CCC2)cc(C(=O)NCc2c(C)cc(C)[nH]c2=O)c1C)[C@H]1CC[C@H](N(C)C)CC1. The van der Waals surface area contributed by atoms with Crippen molar-refractivity contribution in [1.82, 2.24) is 20.1 Å². The number of hydrogen-bond acceptors (Lipinski definition) is 5. The van der Waals surface area contributed by atoms with Crippen molar-refractivity contribution in [1.29, 1.82) is 0 Å². The number of nitrogens with zero attached hydrogens (tertiary/aromatic N) is 3. The van der Waals surface area contributed by atoms with Crippen molar-refractivity contribution in [3.05, 3.63) is 62.1 Å². The Morgan fingerprint density at radius 2 is 1.68 bits per heavy atom. The summed E-state index contributed by atoms with van der Waals surface area (Å²) in [4.78, 5) is 48.7. The second-order valence-electron chi connectivity index (χ2n) is 11.2. The number of hydrogen-bond donors (Lipinski definition) is 2. The molecule has 2 N–H and O–H groups in total. The normalized spacial score (nSPS) is 19.3. The lowest BCUT2D eigenvalue weighted by molar-refractivity contribution is 0.0652. The molecule has 2 aliphatic rings. The minimum atomic E-state index is -0.270. The van der Waals surface area contributed by atoms with E-state index in [2.05, 4.69) is 41.1 Å². The van der Waals surface area contributed by atoms with Crippen LogP contribution in [0.15, 0.2) is 23.0 Å². The predicted molar refractivity (Wildman–Crippen MR) is 152 cm³/mol. The Bertz CT molecular complexity index is 1240. The van der Waals surface area contributed by atoms with Gasteiger partial charge in [-0.3, -0.25) is 14.4 Å². The van der Waals surface area contributed by atoms with Gasteiger partial charge in [0.05, 0.1) is 0 Å². The van der Waals surface area contributed by atoms with E-state index in [0.29, 0.717) is 28.8 Å². The Morgan fingerprint density at radius 1 is 1.03 bits per heavy atom. The average Bonchev–Trinajstić information content (AvgIpc) is 2.83. The van der Waals surface area contributed by atoms with E-state index in [0.717, 1.165) is 74.2 Å². The number of aromatic nitrogens is 1.